The van der Waals surface area contributed by atoms with Crippen LogP contribution in [-0.4, -0.2) is 52.4 Å². The maximum Gasteiger partial charge on any atom is 0.325 e. The lowest BCUT2D eigenvalue weighted by molar-refractivity contribution is -0.146. The quantitative estimate of drug-likeness (QED) is 0.462. The van der Waals surface area contributed by atoms with Gasteiger partial charge in [-0.2, -0.15) is 0 Å². The van der Waals surface area contributed by atoms with Crippen molar-refractivity contribution in [1.82, 2.24) is 10.2 Å². The highest BCUT2D eigenvalue weighted by Crippen LogP contribution is 2.41. The smallest absolute Gasteiger partial charge is 0.325 e. The van der Waals surface area contributed by atoms with Crippen molar-refractivity contribution in [3.63, 3.8) is 0 Å². The van der Waals surface area contributed by atoms with Gasteiger partial charge in [-0.3, -0.25) is 19.3 Å². The van der Waals surface area contributed by atoms with E-state index in [0.29, 0.717) is 11.1 Å². The van der Waals surface area contributed by atoms with Crippen LogP contribution in [0, 0.1) is 11.8 Å². The summed E-state index contributed by atoms with van der Waals surface area (Å²) in [5.74, 6) is -3.34. The third-order valence-corrected chi connectivity index (χ3v) is 6.88. The summed E-state index contributed by atoms with van der Waals surface area (Å²) >= 11 is 0. The van der Waals surface area contributed by atoms with E-state index in [0.717, 1.165) is 4.90 Å². The van der Waals surface area contributed by atoms with E-state index in [2.05, 4.69) is 5.32 Å². The first-order chi connectivity index (χ1) is 16.4. The molecule has 0 saturated carbocycles. The SMILES string of the molecule is O=C(CCCN1C(=O)NC(c2ccccc2)(c2ccccc2)C1=O)C1C(C(=O)O)[C@H]2C=C[C@@H]1O2. The largest absolute Gasteiger partial charge is 0.481 e. The van der Waals surface area contributed by atoms with Crippen molar-refractivity contribution in [2.24, 2.45) is 11.8 Å². The Balaban J connectivity index is 1.32. The Morgan fingerprint density at radius 1 is 0.912 bits per heavy atom. The Bertz CT molecular complexity index is 1120. The molecule has 2 N–H and O–H groups in total. The number of carboxylic acids is 1. The van der Waals surface area contributed by atoms with Gasteiger partial charge in [0.2, 0.25) is 0 Å². The van der Waals surface area contributed by atoms with E-state index in [9.17, 15) is 24.3 Å². The summed E-state index contributed by atoms with van der Waals surface area (Å²) in [6.07, 6.45) is 2.60. The maximum atomic E-state index is 13.7. The lowest BCUT2D eigenvalue weighted by Crippen LogP contribution is -2.45. The number of rotatable bonds is 8. The van der Waals surface area contributed by atoms with E-state index in [-0.39, 0.29) is 25.2 Å². The molecule has 2 saturated heterocycles. The fourth-order valence-corrected chi connectivity index (χ4v) is 5.28. The first-order valence-electron chi connectivity index (χ1n) is 11.3. The number of fused-ring (bicyclic) bond motifs is 2. The molecule has 3 aliphatic rings. The standard InChI is InChI=1S/C26H24N2O6/c29-18(21-19-13-14-20(34-19)22(21)23(30)31)12-7-15-28-24(32)26(27-25(28)33,16-8-3-1-4-9-16)17-10-5-2-6-11-17/h1-6,8-11,13-14,19-22H,7,12,15H2,(H,27,33)(H,30,31)/t19-,20+,21?,22?/m0/s1. The number of hydrogen-bond donors (Lipinski definition) is 2. The summed E-state index contributed by atoms with van der Waals surface area (Å²) in [5.41, 5.74) is -0.0528. The highest BCUT2D eigenvalue weighted by molar-refractivity contribution is 6.09. The predicted molar refractivity (Wildman–Crippen MR) is 121 cm³/mol. The number of ketones is 1. The molecule has 3 heterocycles. The van der Waals surface area contributed by atoms with E-state index in [4.69, 9.17) is 4.74 Å². The molecule has 2 aromatic rings. The average molecular weight is 460 g/mol. The minimum absolute atomic E-state index is 0.0487. The number of carbonyl (C=O) groups excluding carboxylic acids is 3. The summed E-state index contributed by atoms with van der Waals surface area (Å²) < 4.78 is 5.58. The first-order valence-corrected chi connectivity index (χ1v) is 11.3. The number of nitrogens with one attached hydrogen (secondary N) is 1. The minimum Gasteiger partial charge on any atom is -0.481 e. The fraction of sp³-hybridized carbons (Fsp3) is 0.308. The zero-order valence-electron chi connectivity index (χ0n) is 18.3. The molecule has 0 aromatic heterocycles. The molecular formula is C26H24N2O6. The monoisotopic (exact) mass is 460 g/mol. The van der Waals surface area contributed by atoms with Crippen LogP contribution in [-0.2, 0) is 24.7 Å². The zero-order valence-corrected chi connectivity index (χ0v) is 18.3. The molecule has 0 aliphatic carbocycles. The van der Waals surface area contributed by atoms with Crippen LogP contribution in [0.2, 0.25) is 0 Å². The van der Waals surface area contributed by atoms with E-state index in [1.165, 1.54) is 0 Å². The van der Waals surface area contributed by atoms with Crippen molar-refractivity contribution in [3.8, 4) is 0 Å². The lowest BCUT2D eigenvalue weighted by Gasteiger charge is -2.28. The van der Waals surface area contributed by atoms with Crippen molar-refractivity contribution in [2.45, 2.75) is 30.6 Å². The molecule has 8 heteroatoms. The van der Waals surface area contributed by atoms with Gasteiger partial charge in [0.05, 0.1) is 24.0 Å². The van der Waals surface area contributed by atoms with Gasteiger partial charge in [0.25, 0.3) is 5.91 Å². The molecule has 174 valence electrons. The summed E-state index contributed by atoms with van der Waals surface area (Å²) in [5, 5.41) is 12.4. The number of benzene rings is 2. The predicted octanol–water partition coefficient (Wildman–Crippen LogP) is 2.49. The Labute approximate surface area is 196 Å². The number of carbonyl (C=O) groups is 4. The van der Waals surface area contributed by atoms with E-state index in [1.54, 1.807) is 36.4 Å². The molecule has 3 amide bonds. The number of aliphatic carboxylic acids is 1. The van der Waals surface area contributed by atoms with Gasteiger partial charge in [-0.15, -0.1) is 0 Å². The Kier molecular flexibility index (Phi) is 5.53. The van der Waals surface area contributed by atoms with Gasteiger partial charge >= 0.3 is 12.0 Å². The summed E-state index contributed by atoms with van der Waals surface area (Å²) in [6, 6.07) is 17.6. The summed E-state index contributed by atoms with van der Waals surface area (Å²) in [7, 11) is 0. The van der Waals surface area contributed by atoms with Crippen molar-refractivity contribution >= 4 is 23.7 Å². The van der Waals surface area contributed by atoms with Crippen LogP contribution in [0.15, 0.2) is 72.8 Å². The molecule has 34 heavy (non-hydrogen) atoms. The number of hydrogen-bond acceptors (Lipinski definition) is 5. The average Bonchev–Trinajstić information content (AvgIpc) is 3.54. The molecule has 2 fully saturated rings. The second kappa shape index (κ2) is 8.53. The number of nitrogens with zero attached hydrogens (tertiary/aromatic N) is 1. The topological polar surface area (TPSA) is 113 Å². The van der Waals surface area contributed by atoms with Crippen molar-refractivity contribution < 1.29 is 29.0 Å². The molecule has 2 aromatic carbocycles. The molecule has 0 spiro atoms. The first kappa shape index (κ1) is 22.0. The van der Waals surface area contributed by atoms with Crippen LogP contribution in [0.3, 0.4) is 0 Å². The van der Waals surface area contributed by atoms with E-state index in [1.807, 2.05) is 36.4 Å². The number of carboxylic acid groups (broad SMARTS) is 1. The van der Waals surface area contributed by atoms with Crippen LogP contribution in [0.1, 0.15) is 24.0 Å². The fourth-order valence-electron chi connectivity index (χ4n) is 5.28. The molecule has 8 nitrogen and oxygen atoms in total. The Morgan fingerprint density at radius 3 is 2.03 bits per heavy atom. The van der Waals surface area contributed by atoms with Gasteiger partial charge in [0.15, 0.2) is 5.54 Å². The molecule has 3 aliphatic heterocycles. The van der Waals surface area contributed by atoms with Gasteiger partial charge in [-0.05, 0) is 17.5 Å². The van der Waals surface area contributed by atoms with Crippen LogP contribution < -0.4 is 5.32 Å². The van der Waals surface area contributed by atoms with Gasteiger partial charge in [-0.25, -0.2) is 4.79 Å². The molecule has 0 radical (unpaired) electrons. The van der Waals surface area contributed by atoms with Crippen LogP contribution >= 0.6 is 0 Å². The second-order valence-corrected chi connectivity index (χ2v) is 8.78. The third kappa shape index (κ3) is 3.42. The number of urea groups is 1. The summed E-state index contributed by atoms with van der Waals surface area (Å²) in [6.45, 7) is 0.0487. The highest BCUT2D eigenvalue weighted by Gasteiger charge is 2.54. The van der Waals surface area contributed by atoms with E-state index >= 15 is 0 Å². The number of amides is 3. The molecule has 2 unspecified atom stereocenters. The van der Waals surface area contributed by atoms with Gasteiger partial charge < -0.3 is 15.2 Å². The number of imide groups is 1. The normalized spacial score (nSPS) is 26.6. The zero-order chi connectivity index (χ0) is 23.9. The Morgan fingerprint density at radius 2 is 1.47 bits per heavy atom. The van der Waals surface area contributed by atoms with Gasteiger partial charge in [-0.1, -0.05) is 72.8 Å². The summed E-state index contributed by atoms with van der Waals surface area (Å²) in [4.78, 5) is 52.3. The highest BCUT2D eigenvalue weighted by atomic mass is 16.5. The molecule has 2 bridgehead atoms. The van der Waals surface area contributed by atoms with E-state index < -0.39 is 47.5 Å². The van der Waals surface area contributed by atoms with Gasteiger partial charge in [0.1, 0.15) is 5.78 Å². The van der Waals surface area contributed by atoms with Gasteiger partial charge in [0, 0.05) is 13.0 Å². The van der Waals surface area contributed by atoms with Crippen LogP contribution in [0.5, 0.6) is 0 Å². The van der Waals surface area contributed by atoms with Crippen LogP contribution in [0.25, 0.3) is 0 Å². The van der Waals surface area contributed by atoms with Crippen molar-refractivity contribution in [1.29, 1.82) is 0 Å². The molecule has 4 atom stereocenters. The number of ether oxygens (including phenoxy) is 1. The number of Topliss-reactive ketones (excluding diaryl/α,β-unsaturated/α-hetero) is 1. The lowest BCUT2D eigenvalue weighted by atomic mass is 9.79. The minimum atomic E-state index is -1.35. The molecule has 5 rings (SSSR count). The van der Waals surface area contributed by atoms with Crippen LogP contribution in [0.4, 0.5) is 4.79 Å². The van der Waals surface area contributed by atoms with Crippen molar-refractivity contribution in [3.05, 3.63) is 83.9 Å². The maximum absolute atomic E-state index is 13.7. The van der Waals surface area contributed by atoms with Crippen molar-refractivity contribution in [2.75, 3.05) is 6.54 Å². The second-order valence-electron chi connectivity index (χ2n) is 8.78. The molecular weight excluding hydrogens is 436 g/mol. The Hall–Kier alpha value is -3.78. The third-order valence-electron chi connectivity index (χ3n) is 6.88.